The Morgan fingerprint density at radius 3 is 2.70 bits per heavy atom. The van der Waals surface area contributed by atoms with E-state index < -0.39 is 0 Å². The van der Waals surface area contributed by atoms with E-state index >= 15 is 0 Å². The van der Waals surface area contributed by atoms with Crippen LogP contribution in [0.25, 0.3) is 0 Å². The molecule has 0 atom stereocenters. The summed E-state index contributed by atoms with van der Waals surface area (Å²) in [6.45, 7) is -0.112. The van der Waals surface area contributed by atoms with Gasteiger partial charge < -0.3 is 10.6 Å². The second-order valence-corrected chi connectivity index (χ2v) is 4.20. The number of nitrogen functional groups attached to an aromatic ring is 1. The molecule has 0 bridgehead atoms. The standard InChI is InChI=1S/C10H14N8O2/c1-16(2)10(20)14-8-4-13-18(15-8)6-9(19)17-5-7(11)3-12-17/h3-5H,6,11H2,1-2H3,(H,14,15,20). The number of rotatable bonds is 3. The highest BCUT2D eigenvalue weighted by atomic mass is 16.2. The number of nitrogens with zero attached hydrogens (tertiary/aromatic N) is 6. The van der Waals surface area contributed by atoms with Gasteiger partial charge in [-0.1, -0.05) is 0 Å². The Balaban J connectivity index is 1.99. The minimum absolute atomic E-state index is 0.112. The van der Waals surface area contributed by atoms with Crippen molar-refractivity contribution in [3.63, 3.8) is 0 Å². The van der Waals surface area contributed by atoms with Gasteiger partial charge in [0.15, 0.2) is 5.82 Å². The number of nitrogens with two attached hydrogens (primary N) is 1. The number of carbonyl (C=O) groups is 2. The molecule has 10 nitrogen and oxygen atoms in total. The smallest absolute Gasteiger partial charge is 0.322 e. The molecule has 0 unspecified atom stereocenters. The highest BCUT2D eigenvalue weighted by molar-refractivity contribution is 5.87. The van der Waals surface area contributed by atoms with Crippen LogP contribution >= 0.6 is 0 Å². The molecule has 3 N–H and O–H groups in total. The first-order valence-corrected chi connectivity index (χ1v) is 5.67. The molecule has 0 radical (unpaired) electrons. The fraction of sp³-hybridized carbons (Fsp3) is 0.300. The van der Waals surface area contributed by atoms with Gasteiger partial charge >= 0.3 is 6.03 Å². The third-order valence-corrected chi connectivity index (χ3v) is 2.31. The minimum atomic E-state index is -0.345. The van der Waals surface area contributed by atoms with Crippen molar-refractivity contribution in [1.29, 1.82) is 0 Å². The average molecular weight is 278 g/mol. The summed E-state index contributed by atoms with van der Waals surface area (Å²) in [5.41, 5.74) is 5.87. The van der Waals surface area contributed by atoms with E-state index in [4.69, 9.17) is 5.73 Å². The van der Waals surface area contributed by atoms with Crippen LogP contribution in [0.15, 0.2) is 18.6 Å². The molecule has 0 aliphatic carbocycles. The van der Waals surface area contributed by atoms with Gasteiger partial charge in [-0.25, -0.2) is 9.48 Å². The summed E-state index contributed by atoms with van der Waals surface area (Å²) in [5.74, 6) is -0.0840. The third-order valence-electron chi connectivity index (χ3n) is 2.31. The highest BCUT2D eigenvalue weighted by Crippen LogP contribution is 2.02. The largest absolute Gasteiger partial charge is 0.396 e. The first kappa shape index (κ1) is 13.5. The number of hydrogen-bond donors (Lipinski definition) is 2. The quantitative estimate of drug-likeness (QED) is 0.779. The van der Waals surface area contributed by atoms with Crippen LogP contribution in [-0.2, 0) is 6.54 Å². The van der Waals surface area contributed by atoms with Crippen molar-refractivity contribution in [3.05, 3.63) is 18.6 Å². The number of hydrogen-bond acceptors (Lipinski definition) is 6. The summed E-state index contributed by atoms with van der Waals surface area (Å²) in [7, 11) is 3.21. The summed E-state index contributed by atoms with van der Waals surface area (Å²) in [6.07, 6.45) is 4.13. The van der Waals surface area contributed by atoms with Crippen molar-refractivity contribution < 1.29 is 9.59 Å². The molecule has 2 aromatic heterocycles. The van der Waals surface area contributed by atoms with Crippen molar-refractivity contribution in [3.8, 4) is 0 Å². The molecular formula is C10H14N8O2. The van der Waals surface area contributed by atoms with E-state index in [1.54, 1.807) is 14.1 Å². The number of amides is 2. The number of aromatic nitrogens is 5. The van der Waals surface area contributed by atoms with Gasteiger partial charge in [-0.2, -0.15) is 15.0 Å². The molecule has 0 aliphatic rings. The predicted molar refractivity (Wildman–Crippen MR) is 70.0 cm³/mol. The van der Waals surface area contributed by atoms with Gasteiger partial charge in [0.25, 0.3) is 5.91 Å². The lowest BCUT2D eigenvalue weighted by Gasteiger charge is -2.09. The molecule has 20 heavy (non-hydrogen) atoms. The SMILES string of the molecule is CN(C)C(=O)Nc1cnn(CC(=O)n2cc(N)cn2)n1. The lowest BCUT2D eigenvalue weighted by Crippen LogP contribution is -2.27. The molecule has 2 aromatic rings. The summed E-state index contributed by atoms with van der Waals surface area (Å²) >= 11 is 0. The Hall–Kier alpha value is -2.91. The van der Waals surface area contributed by atoms with Gasteiger partial charge in [0.2, 0.25) is 0 Å². The van der Waals surface area contributed by atoms with Crippen molar-refractivity contribution in [2.24, 2.45) is 0 Å². The van der Waals surface area contributed by atoms with Crippen LogP contribution in [0.1, 0.15) is 4.79 Å². The van der Waals surface area contributed by atoms with Crippen LogP contribution in [0.4, 0.5) is 16.3 Å². The van der Waals surface area contributed by atoms with E-state index in [1.165, 1.54) is 23.5 Å². The Morgan fingerprint density at radius 2 is 2.10 bits per heavy atom. The van der Waals surface area contributed by atoms with Gasteiger partial charge in [0.05, 0.1) is 24.3 Å². The Kier molecular flexibility index (Phi) is 3.64. The van der Waals surface area contributed by atoms with Gasteiger partial charge in [-0.3, -0.25) is 10.1 Å². The number of anilines is 2. The third kappa shape index (κ3) is 3.10. The lowest BCUT2D eigenvalue weighted by atomic mass is 10.6. The lowest BCUT2D eigenvalue weighted by molar-refractivity contribution is 0.0864. The average Bonchev–Trinajstić information content (AvgIpc) is 2.98. The van der Waals surface area contributed by atoms with Crippen LogP contribution in [-0.4, -0.2) is 55.7 Å². The van der Waals surface area contributed by atoms with Crippen molar-refractivity contribution in [2.75, 3.05) is 25.1 Å². The van der Waals surface area contributed by atoms with Crippen LogP contribution in [0.2, 0.25) is 0 Å². The summed E-state index contributed by atoms with van der Waals surface area (Å²) in [6, 6.07) is -0.330. The predicted octanol–water partition coefficient (Wildman–Crippen LogP) is -0.509. The molecule has 106 valence electrons. The maximum absolute atomic E-state index is 11.8. The fourth-order valence-electron chi connectivity index (χ4n) is 1.32. The number of carbonyl (C=O) groups excluding carboxylic acids is 2. The molecular weight excluding hydrogens is 264 g/mol. The highest BCUT2D eigenvalue weighted by Gasteiger charge is 2.11. The normalized spacial score (nSPS) is 10.3. The van der Waals surface area contributed by atoms with E-state index in [2.05, 4.69) is 20.6 Å². The van der Waals surface area contributed by atoms with E-state index in [-0.39, 0.29) is 24.3 Å². The fourth-order valence-corrected chi connectivity index (χ4v) is 1.32. The zero-order valence-electron chi connectivity index (χ0n) is 11.0. The van der Waals surface area contributed by atoms with Gasteiger partial charge in [0, 0.05) is 14.1 Å². The Labute approximate surface area is 114 Å². The van der Waals surface area contributed by atoms with E-state index in [0.29, 0.717) is 5.69 Å². The summed E-state index contributed by atoms with van der Waals surface area (Å²) < 4.78 is 1.11. The molecule has 2 heterocycles. The monoisotopic (exact) mass is 278 g/mol. The first-order chi connectivity index (χ1) is 9.45. The van der Waals surface area contributed by atoms with Crippen LogP contribution in [0.3, 0.4) is 0 Å². The zero-order chi connectivity index (χ0) is 14.7. The van der Waals surface area contributed by atoms with Crippen LogP contribution in [0, 0.1) is 0 Å². The molecule has 2 rings (SSSR count). The van der Waals surface area contributed by atoms with Crippen molar-refractivity contribution >= 4 is 23.4 Å². The van der Waals surface area contributed by atoms with E-state index in [1.807, 2.05) is 0 Å². The summed E-state index contributed by atoms with van der Waals surface area (Å²) in [4.78, 5) is 25.7. The molecule has 0 saturated heterocycles. The molecule has 10 heteroatoms. The topological polar surface area (TPSA) is 124 Å². The molecule has 0 aromatic carbocycles. The maximum Gasteiger partial charge on any atom is 0.322 e. The van der Waals surface area contributed by atoms with Gasteiger partial charge in [0.1, 0.15) is 6.54 Å². The first-order valence-electron chi connectivity index (χ1n) is 5.67. The molecule has 0 saturated carbocycles. The zero-order valence-corrected chi connectivity index (χ0v) is 11.0. The molecule has 0 spiro atoms. The van der Waals surface area contributed by atoms with Crippen LogP contribution < -0.4 is 11.1 Å². The number of nitrogens with one attached hydrogen (secondary N) is 1. The molecule has 2 amide bonds. The Bertz CT molecular complexity index is 629. The van der Waals surface area contributed by atoms with E-state index in [9.17, 15) is 9.59 Å². The minimum Gasteiger partial charge on any atom is -0.396 e. The molecule has 0 fully saturated rings. The summed E-state index contributed by atoms with van der Waals surface area (Å²) in [5, 5.41) is 14.1. The Morgan fingerprint density at radius 1 is 1.35 bits per heavy atom. The second-order valence-electron chi connectivity index (χ2n) is 4.20. The van der Waals surface area contributed by atoms with Crippen molar-refractivity contribution in [2.45, 2.75) is 6.54 Å². The molecule has 0 aliphatic heterocycles. The van der Waals surface area contributed by atoms with Gasteiger partial charge in [-0.05, 0) is 0 Å². The van der Waals surface area contributed by atoms with Crippen LogP contribution in [0.5, 0.6) is 0 Å². The maximum atomic E-state index is 11.8. The van der Waals surface area contributed by atoms with Gasteiger partial charge in [-0.15, -0.1) is 5.10 Å². The van der Waals surface area contributed by atoms with E-state index in [0.717, 1.165) is 9.48 Å². The second kappa shape index (κ2) is 5.38. The number of urea groups is 1. The van der Waals surface area contributed by atoms with Crippen molar-refractivity contribution in [1.82, 2.24) is 29.7 Å².